The van der Waals surface area contributed by atoms with E-state index in [0.29, 0.717) is 0 Å². The van der Waals surface area contributed by atoms with Gasteiger partial charge < -0.3 is 0 Å². The number of benzene rings is 1. The van der Waals surface area contributed by atoms with Crippen LogP contribution in [0.1, 0.15) is 47.2 Å². The Morgan fingerprint density at radius 3 is 2.39 bits per heavy atom. The Labute approximate surface area is 104 Å². The van der Waals surface area contributed by atoms with Gasteiger partial charge in [0.1, 0.15) is 0 Å². The third-order valence-corrected chi connectivity index (χ3v) is 3.63. The second kappa shape index (κ2) is 4.75. The first-order valence-corrected chi connectivity index (χ1v) is 6.12. The minimum atomic E-state index is -4.39. The zero-order valence-corrected chi connectivity index (χ0v) is 10.2. The highest BCUT2D eigenvalue weighted by Crippen LogP contribution is 2.35. The Morgan fingerprint density at radius 1 is 1.22 bits per heavy atom. The first-order chi connectivity index (χ1) is 8.41. The molecular formula is C14H15F3O. The number of hydrogen-bond donors (Lipinski definition) is 0. The average Bonchev–Trinajstić information content (AvgIpc) is 2.80. The van der Waals surface area contributed by atoms with Gasteiger partial charge in [-0.3, -0.25) is 4.79 Å². The lowest BCUT2D eigenvalue weighted by molar-refractivity contribution is -0.138. The van der Waals surface area contributed by atoms with E-state index in [4.69, 9.17) is 0 Å². The maximum Gasteiger partial charge on any atom is 0.416 e. The molecule has 0 aromatic heterocycles. The van der Waals surface area contributed by atoms with Crippen molar-refractivity contribution < 1.29 is 18.0 Å². The van der Waals surface area contributed by atoms with Crippen molar-refractivity contribution in [3.8, 4) is 0 Å². The summed E-state index contributed by atoms with van der Waals surface area (Å²) in [5, 5.41) is 0. The number of alkyl halides is 3. The summed E-state index contributed by atoms with van der Waals surface area (Å²) >= 11 is 0. The molecule has 2 rings (SSSR count). The molecule has 0 aliphatic heterocycles. The summed E-state index contributed by atoms with van der Waals surface area (Å²) in [6.07, 6.45) is -0.804. The molecule has 0 N–H and O–H groups in total. The van der Waals surface area contributed by atoms with Crippen molar-refractivity contribution in [2.24, 2.45) is 5.92 Å². The van der Waals surface area contributed by atoms with Gasteiger partial charge >= 0.3 is 6.18 Å². The van der Waals surface area contributed by atoms with E-state index in [1.165, 1.54) is 19.1 Å². The van der Waals surface area contributed by atoms with Crippen LogP contribution in [0.5, 0.6) is 0 Å². The molecule has 1 nitrogen and oxygen atoms in total. The van der Waals surface area contributed by atoms with E-state index in [0.717, 1.165) is 31.7 Å². The van der Waals surface area contributed by atoms with E-state index in [2.05, 4.69) is 0 Å². The van der Waals surface area contributed by atoms with Gasteiger partial charge in [0, 0.05) is 11.5 Å². The number of Topliss-reactive ketones (excluding diaryl/α,β-unsaturated/α-hetero) is 1. The van der Waals surface area contributed by atoms with Crippen LogP contribution in [0, 0.1) is 12.8 Å². The molecule has 0 atom stereocenters. The van der Waals surface area contributed by atoms with Gasteiger partial charge in [0.25, 0.3) is 0 Å². The van der Waals surface area contributed by atoms with Crippen molar-refractivity contribution in [2.75, 3.05) is 0 Å². The number of rotatable bonds is 2. The van der Waals surface area contributed by atoms with Gasteiger partial charge in [-0.05, 0) is 31.4 Å². The first-order valence-electron chi connectivity index (χ1n) is 6.12. The molecule has 0 unspecified atom stereocenters. The highest BCUT2D eigenvalue weighted by molar-refractivity contribution is 5.99. The van der Waals surface area contributed by atoms with Crippen LogP contribution in [0.25, 0.3) is 0 Å². The van der Waals surface area contributed by atoms with Crippen molar-refractivity contribution in [1.29, 1.82) is 0 Å². The molecule has 1 fully saturated rings. The third kappa shape index (κ3) is 2.42. The summed E-state index contributed by atoms with van der Waals surface area (Å²) in [7, 11) is 0. The molecule has 4 heteroatoms. The summed E-state index contributed by atoms with van der Waals surface area (Å²) in [5.74, 6) is -0.219. The molecule has 0 saturated heterocycles. The van der Waals surface area contributed by atoms with Crippen molar-refractivity contribution in [1.82, 2.24) is 0 Å². The quantitative estimate of drug-likeness (QED) is 0.717. The minimum absolute atomic E-state index is 0.0573. The summed E-state index contributed by atoms with van der Waals surface area (Å²) < 4.78 is 38.3. The average molecular weight is 256 g/mol. The van der Waals surface area contributed by atoms with Crippen molar-refractivity contribution in [3.05, 3.63) is 34.9 Å². The van der Waals surface area contributed by atoms with Crippen molar-refractivity contribution >= 4 is 5.78 Å². The van der Waals surface area contributed by atoms with E-state index in [-0.39, 0.29) is 22.8 Å². The second-order valence-corrected chi connectivity index (χ2v) is 4.82. The summed E-state index contributed by atoms with van der Waals surface area (Å²) in [4.78, 5) is 12.2. The lowest BCUT2D eigenvalue weighted by Gasteiger charge is -2.15. The fourth-order valence-corrected chi connectivity index (χ4v) is 2.62. The Balaban J connectivity index is 2.36. The van der Waals surface area contributed by atoms with E-state index in [1.54, 1.807) is 0 Å². The minimum Gasteiger partial charge on any atom is -0.294 e. The van der Waals surface area contributed by atoms with Crippen LogP contribution in [0.2, 0.25) is 0 Å². The SMILES string of the molecule is Cc1c(C(=O)C2CCCC2)cccc1C(F)(F)F. The zero-order chi connectivity index (χ0) is 13.3. The number of carbonyl (C=O) groups excluding carboxylic acids is 1. The maximum atomic E-state index is 12.8. The standard InChI is InChI=1S/C14H15F3O/c1-9-11(13(18)10-5-2-3-6-10)7-4-8-12(9)14(15,16)17/h4,7-8,10H,2-3,5-6H2,1H3. The van der Waals surface area contributed by atoms with Gasteiger partial charge in [0.2, 0.25) is 0 Å². The zero-order valence-electron chi connectivity index (χ0n) is 10.2. The van der Waals surface area contributed by atoms with Crippen LogP contribution >= 0.6 is 0 Å². The third-order valence-electron chi connectivity index (χ3n) is 3.63. The Kier molecular flexibility index (Phi) is 3.46. The van der Waals surface area contributed by atoms with Gasteiger partial charge in [-0.25, -0.2) is 0 Å². The number of halogens is 3. The molecule has 0 bridgehead atoms. The first kappa shape index (κ1) is 13.1. The Hall–Kier alpha value is -1.32. The maximum absolute atomic E-state index is 12.8. The molecule has 1 aromatic rings. The predicted octanol–water partition coefficient (Wildman–Crippen LogP) is 4.39. The van der Waals surface area contributed by atoms with Crippen LogP contribution in [0.3, 0.4) is 0 Å². The highest BCUT2D eigenvalue weighted by atomic mass is 19.4. The van der Waals surface area contributed by atoms with Crippen molar-refractivity contribution in [2.45, 2.75) is 38.8 Å². The molecule has 1 aromatic carbocycles. The van der Waals surface area contributed by atoms with Gasteiger partial charge in [0.15, 0.2) is 5.78 Å². The summed E-state index contributed by atoms with van der Waals surface area (Å²) in [6.45, 7) is 1.38. The van der Waals surface area contributed by atoms with Crippen LogP contribution in [0.4, 0.5) is 13.2 Å². The van der Waals surface area contributed by atoms with Crippen molar-refractivity contribution in [3.63, 3.8) is 0 Å². The van der Waals surface area contributed by atoms with Crippen LogP contribution in [-0.2, 0) is 6.18 Å². The summed E-state index contributed by atoms with van der Waals surface area (Å²) in [6, 6.07) is 3.85. The molecule has 1 aliphatic rings. The van der Waals surface area contributed by atoms with Gasteiger partial charge in [0.05, 0.1) is 5.56 Å². The number of ketones is 1. The number of hydrogen-bond acceptors (Lipinski definition) is 1. The molecule has 1 saturated carbocycles. The number of carbonyl (C=O) groups is 1. The van der Waals surface area contributed by atoms with E-state index < -0.39 is 11.7 Å². The molecule has 0 radical (unpaired) electrons. The summed E-state index contributed by atoms with van der Waals surface area (Å²) in [5.41, 5.74) is -0.412. The molecule has 18 heavy (non-hydrogen) atoms. The molecular weight excluding hydrogens is 241 g/mol. The van der Waals surface area contributed by atoms with E-state index in [1.807, 2.05) is 0 Å². The lowest BCUT2D eigenvalue weighted by Crippen LogP contribution is -2.16. The fourth-order valence-electron chi connectivity index (χ4n) is 2.62. The highest BCUT2D eigenvalue weighted by Gasteiger charge is 2.34. The molecule has 98 valence electrons. The monoisotopic (exact) mass is 256 g/mol. The van der Waals surface area contributed by atoms with Crippen LogP contribution in [0.15, 0.2) is 18.2 Å². The van der Waals surface area contributed by atoms with E-state index >= 15 is 0 Å². The largest absolute Gasteiger partial charge is 0.416 e. The van der Waals surface area contributed by atoms with E-state index in [9.17, 15) is 18.0 Å². The molecule has 0 heterocycles. The Bertz CT molecular complexity index is 457. The Morgan fingerprint density at radius 2 is 1.83 bits per heavy atom. The van der Waals surface area contributed by atoms with Crippen LogP contribution < -0.4 is 0 Å². The molecule has 0 spiro atoms. The van der Waals surface area contributed by atoms with Crippen LogP contribution in [-0.4, -0.2) is 5.78 Å². The fraction of sp³-hybridized carbons (Fsp3) is 0.500. The normalized spacial score (nSPS) is 17.1. The van der Waals surface area contributed by atoms with Gasteiger partial charge in [-0.1, -0.05) is 25.0 Å². The second-order valence-electron chi connectivity index (χ2n) is 4.82. The van der Waals surface area contributed by atoms with Gasteiger partial charge in [-0.2, -0.15) is 13.2 Å². The topological polar surface area (TPSA) is 17.1 Å². The molecule has 0 amide bonds. The predicted molar refractivity (Wildman–Crippen MR) is 62.5 cm³/mol. The van der Waals surface area contributed by atoms with Gasteiger partial charge in [-0.15, -0.1) is 0 Å². The molecule has 1 aliphatic carbocycles. The smallest absolute Gasteiger partial charge is 0.294 e. The lowest BCUT2D eigenvalue weighted by atomic mass is 9.91.